The highest BCUT2D eigenvalue weighted by molar-refractivity contribution is 5.14. The third-order valence-electron chi connectivity index (χ3n) is 3.65. The van der Waals surface area contributed by atoms with Gasteiger partial charge in [0.25, 0.3) is 0 Å². The van der Waals surface area contributed by atoms with Crippen LogP contribution in [0.4, 0.5) is 0 Å². The molecule has 0 saturated heterocycles. The maximum Gasteiger partial charge on any atom is 0.0307 e. The first-order valence-corrected chi connectivity index (χ1v) is 7.12. The Bertz CT molecular complexity index is 304. The lowest BCUT2D eigenvalue weighted by molar-refractivity contribution is 0.391. The monoisotopic (exact) mass is 236 g/mol. The highest BCUT2D eigenvalue weighted by Crippen LogP contribution is 2.18. The zero-order chi connectivity index (χ0) is 12.7. The molecule has 0 bridgehead atoms. The molecule has 2 heteroatoms. The van der Waals surface area contributed by atoms with Crippen LogP contribution < -0.4 is 5.73 Å². The van der Waals surface area contributed by atoms with E-state index in [2.05, 4.69) is 43.8 Å². The summed E-state index contributed by atoms with van der Waals surface area (Å²) in [5.41, 5.74) is 7.31. The van der Waals surface area contributed by atoms with Gasteiger partial charge in [-0.15, -0.1) is 0 Å². The van der Waals surface area contributed by atoms with E-state index in [1.807, 2.05) is 0 Å². The van der Waals surface area contributed by atoms with E-state index in [4.69, 9.17) is 5.73 Å². The van der Waals surface area contributed by atoms with Gasteiger partial charge in [-0.2, -0.15) is 0 Å². The van der Waals surface area contributed by atoms with E-state index < -0.39 is 0 Å². The Morgan fingerprint density at radius 3 is 2.59 bits per heavy atom. The molecule has 1 heterocycles. The Kier molecular flexibility index (Phi) is 6.35. The Hall–Kier alpha value is -0.760. The van der Waals surface area contributed by atoms with Crippen LogP contribution in [0.2, 0.25) is 0 Å². The molecule has 0 aliphatic rings. The number of unbranched alkanes of at least 4 members (excludes halogenated alkanes) is 1. The average molecular weight is 236 g/mol. The zero-order valence-electron chi connectivity index (χ0n) is 11.7. The molecule has 0 aliphatic carbocycles. The van der Waals surface area contributed by atoms with Crippen LogP contribution in [0.1, 0.15) is 64.5 Å². The fourth-order valence-electron chi connectivity index (χ4n) is 2.24. The summed E-state index contributed by atoms with van der Waals surface area (Å²) >= 11 is 0. The summed E-state index contributed by atoms with van der Waals surface area (Å²) in [5.74, 6) is 0.813. The zero-order valence-corrected chi connectivity index (χ0v) is 11.7. The minimum absolute atomic E-state index is 0.201. The van der Waals surface area contributed by atoms with Gasteiger partial charge in [0.05, 0.1) is 0 Å². The average Bonchev–Trinajstić information content (AvgIpc) is 2.81. The van der Waals surface area contributed by atoms with Crippen molar-refractivity contribution in [1.82, 2.24) is 4.57 Å². The molecule has 0 saturated carbocycles. The van der Waals surface area contributed by atoms with Gasteiger partial charge in [-0.25, -0.2) is 0 Å². The van der Waals surface area contributed by atoms with Crippen molar-refractivity contribution in [2.45, 2.75) is 65.5 Å². The van der Waals surface area contributed by atoms with Crippen molar-refractivity contribution in [3.63, 3.8) is 0 Å². The van der Waals surface area contributed by atoms with Crippen LogP contribution >= 0.6 is 0 Å². The molecule has 2 nitrogen and oxygen atoms in total. The first-order chi connectivity index (χ1) is 8.21. The normalized spacial score (nSPS) is 14.8. The first-order valence-electron chi connectivity index (χ1n) is 7.12. The van der Waals surface area contributed by atoms with Crippen LogP contribution in [0.15, 0.2) is 18.5 Å². The van der Waals surface area contributed by atoms with Crippen molar-refractivity contribution >= 4 is 0 Å². The molecule has 17 heavy (non-hydrogen) atoms. The molecule has 0 aliphatic heterocycles. The third-order valence-corrected chi connectivity index (χ3v) is 3.65. The predicted octanol–water partition coefficient (Wildman–Crippen LogP) is 4.11. The van der Waals surface area contributed by atoms with Gasteiger partial charge in [-0.3, -0.25) is 0 Å². The largest absolute Gasteiger partial charge is 0.354 e. The molecule has 1 aromatic heterocycles. The minimum Gasteiger partial charge on any atom is -0.354 e. The summed E-state index contributed by atoms with van der Waals surface area (Å²) in [6.07, 6.45) is 10.7. The topological polar surface area (TPSA) is 30.9 Å². The molecule has 2 N–H and O–H groups in total. The van der Waals surface area contributed by atoms with E-state index in [1.54, 1.807) is 0 Å². The highest BCUT2D eigenvalue weighted by atomic mass is 14.9. The van der Waals surface area contributed by atoms with Gasteiger partial charge in [-0.1, -0.05) is 40.0 Å². The first kappa shape index (κ1) is 14.3. The Morgan fingerprint density at radius 2 is 2.00 bits per heavy atom. The maximum absolute atomic E-state index is 6.04. The Balaban J connectivity index is 2.52. The van der Waals surface area contributed by atoms with E-state index in [1.165, 1.54) is 31.2 Å². The molecule has 2 atom stereocenters. The van der Waals surface area contributed by atoms with Crippen LogP contribution in [0.25, 0.3) is 0 Å². The second kappa shape index (κ2) is 7.54. The number of rotatable bonds is 8. The van der Waals surface area contributed by atoms with Crippen molar-refractivity contribution in [2.75, 3.05) is 0 Å². The lowest BCUT2D eigenvalue weighted by Gasteiger charge is -2.15. The fraction of sp³-hybridized carbons (Fsp3) is 0.733. The smallest absolute Gasteiger partial charge is 0.0307 e. The molecule has 0 amide bonds. The molecule has 0 radical (unpaired) electrons. The van der Waals surface area contributed by atoms with Crippen LogP contribution in [-0.4, -0.2) is 4.57 Å². The summed E-state index contributed by atoms with van der Waals surface area (Å²) in [5, 5.41) is 0. The number of hydrogen-bond acceptors (Lipinski definition) is 1. The molecular formula is C15H28N2. The van der Waals surface area contributed by atoms with Gasteiger partial charge < -0.3 is 10.3 Å². The van der Waals surface area contributed by atoms with Crippen molar-refractivity contribution in [3.8, 4) is 0 Å². The van der Waals surface area contributed by atoms with Crippen LogP contribution in [0, 0.1) is 5.92 Å². The molecule has 2 unspecified atom stereocenters. The highest BCUT2D eigenvalue weighted by Gasteiger charge is 2.09. The summed E-state index contributed by atoms with van der Waals surface area (Å²) in [4.78, 5) is 0. The summed E-state index contributed by atoms with van der Waals surface area (Å²) in [7, 11) is 0. The number of nitrogens with two attached hydrogens (primary N) is 1. The number of aromatic nitrogens is 1. The van der Waals surface area contributed by atoms with Crippen LogP contribution in [0.3, 0.4) is 0 Å². The van der Waals surface area contributed by atoms with E-state index in [-0.39, 0.29) is 6.04 Å². The molecule has 98 valence electrons. The quantitative estimate of drug-likeness (QED) is 0.723. The van der Waals surface area contributed by atoms with E-state index in [9.17, 15) is 0 Å². The number of hydrogen-bond donors (Lipinski definition) is 1. The van der Waals surface area contributed by atoms with Gasteiger partial charge >= 0.3 is 0 Å². The molecule has 0 spiro atoms. The maximum atomic E-state index is 6.04. The standard InChI is InChI=1S/C15H28N2/c1-4-7-8-13(5-2)11-17-10-9-14(12-17)15(16)6-3/h9-10,12-13,15H,4-8,11,16H2,1-3H3. The lowest BCUT2D eigenvalue weighted by Crippen LogP contribution is -2.10. The van der Waals surface area contributed by atoms with E-state index in [0.29, 0.717) is 0 Å². The van der Waals surface area contributed by atoms with Crippen LogP contribution in [0.5, 0.6) is 0 Å². The number of nitrogens with zero attached hydrogens (tertiary/aromatic N) is 1. The fourth-order valence-corrected chi connectivity index (χ4v) is 2.24. The SMILES string of the molecule is CCCCC(CC)Cn1ccc(C(N)CC)c1. The van der Waals surface area contributed by atoms with E-state index in [0.717, 1.165) is 18.9 Å². The molecule has 1 rings (SSSR count). The second-order valence-electron chi connectivity index (χ2n) is 5.07. The van der Waals surface area contributed by atoms with Crippen LogP contribution in [-0.2, 0) is 6.54 Å². The van der Waals surface area contributed by atoms with Gasteiger partial charge in [0.1, 0.15) is 0 Å². The lowest BCUT2D eigenvalue weighted by atomic mass is 9.99. The second-order valence-corrected chi connectivity index (χ2v) is 5.07. The summed E-state index contributed by atoms with van der Waals surface area (Å²) in [6, 6.07) is 2.37. The van der Waals surface area contributed by atoms with Crippen molar-refractivity contribution in [1.29, 1.82) is 0 Å². The van der Waals surface area contributed by atoms with Crippen molar-refractivity contribution in [3.05, 3.63) is 24.0 Å². The van der Waals surface area contributed by atoms with Gasteiger partial charge in [0.2, 0.25) is 0 Å². The molecule has 1 aromatic rings. The molecule has 0 aromatic carbocycles. The summed E-state index contributed by atoms with van der Waals surface area (Å²) in [6.45, 7) is 7.84. The molecule has 0 fully saturated rings. The Labute approximate surface area is 106 Å². The summed E-state index contributed by atoms with van der Waals surface area (Å²) < 4.78 is 2.31. The van der Waals surface area contributed by atoms with E-state index >= 15 is 0 Å². The van der Waals surface area contributed by atoms with Gasteiger partial charge in [0.15, 0.2) is 0 Å². The predicted molar refractivity (Wildman–Crippen MR) is 75.0 cm³/mol. The van der Waals surface area contributed by atoms with Gasteiger partial charge in [-0.05, 0) is 30.4 Å². The third kappa shape index (κ3) is 4.55. The Morgan fingerprint density at radius 1 is 1.24 bits per heavy atom. The minimum atomic E-state index is 0.201. The van der Waals surface area contributed by atoms with Crippen molar-refractivity contribution < 1.29 is 0 Å². The van der Waals surface area contributed by atoms with Crippen molar-refractivity contribution in [2.24, 2.45) is 11.7 Å². The van der Waals surface area contributed by atoms with Gasteiger partial charge in [0, 0.05) is 25.0 Å². The molecular weight excluding hydrogens is 208 g/mol.